The number of hydrogen-bond donors (Lipinski definition) is 1. The molecule has 2 aliphatic rings. The lowest BCUT2D eigenvalue weighted by Gasteiger charge is -2.23. The minimum absolute atomic E-state index is 0.0735. The summed E-state index contributed by atoms with van der Waals surface area (Å²) in [5, 5.41) is -0.333. The molecule has 1 heterocycles. The Kier molecular flexibility index (Phi) is 5.52. The second-order valence-electron chi connectivity index (χ2n) is 7.89. The Morgan fingerprint density at radius 1 is 0.967 bits per heavy atom. The first-order valence-electron chi connectivity index (χ1n) is 9.96. The van der Waals surface area contributed by atoms with Crippen molar-refractivity contribution in [3.63, 3.8) is 0 Å². The third-order valence-electron chi connectivity index (χ3n) is 5.63. The van der Waals surface area contributed by atoms with Crippen LogP contribution in [0.25, 0.3) is 0 Å². The van der Waals surface area contributed by atoms with Crippen LogP contribution in [-0.4, -0.2) is 24.8 Å². The Balaban J connectivity index is 1.68. The monoisotopic (exact) mass is 441 g/mol. The lowest BCUT2D eigenvalue weighted by Crippen LogP contribution is -2.24. The third kappa shape index (κ3) is 4.32. The number of H-pyrrole nitrogens is 1. The zero-order valence-electron chi connectivity index (χ0n) is 16.1. The van der Waals surface area contributed by atoms with Crippen LogP contribution in [0, 0.1) is 0 Å². The first kappa shape index (κ1) is 21.1. The average Bonchev–Trinajstić information content (AvgIpc) is 3.43. The van der Waals surface area contributed by atoms with Gasteiger partial charge in [0.1, 0.15) is 11.7 Å². The highest BCUT2D eigenvalue weighted by atomic mass is 32.2. The number of hydrogen-bond acceptors (Lipinski definition) is 4. The number of benzene rings is 1. The summed E-state index contributed by atoms with van der Waals surface area (Å²) in [6, 6.07) is 8.16. The first-order valence-corrected chi connectivity index (χ1v) is 11.5. The summed E-state index contributed by atoms with van der Waals surface area (Å²) >= 11 is 0. The number of nitrogens with one attached hydrogen (secondary N) is 1. The molecule has 2 aromatic rings. The molecule has 30 heavy (non-hydrogen) atoms. The molecule has 0 bridgehead atoms. The predicted molar refractivity (Wildman–Crippen MR) is 104 cm³/mol. The summed E-state index contributed by atoms with van der Waals surface area (Å²) in [4.78, 5) is 14.5. The standard InChI is InChI=1S/C21H22F3NO4S/c22-21(23,24)17-11-12-18(25-20(17)26)19(29-14-3-1-2-4-14)13-5-7-15(8-6-13)30(27,28)16-9-10-16/h5-8,11-12,14,16,19H,1-4,9-10H2,(H,25,26). The maximum Gasteiger partial charge on any atom is 0.421 e. The second-order valence-corrected chi connectivity index (χ2v) is 10.1. The minimum atomic E-state index is -4.74. The van der Waals surface area contributed by atoms with E-state index in [2.05, 4.69) is 4.98 Å². The predicted octanol–water partition coefficient (Wildman–Crippen LogP) is 4.38. The second kappa shape index (κ2) is 7.85. The van der Waals surface area contributed by atoms with E-state index in [1.54, 1.807) is 12.1 Å². The summed E-state index contributed by atoms with van der Waals surface area (Å²) in [5.74, 6) is 0. The topological polar surface area (TPSA) is 76.2 Å². The fourth-order valence-electron chi connectivity index (χ4n) is 3.82. The summed E-state index contributed by atoms with van der Waals surface area (Å²) in [6.45, 7) is 0. The zero-order valence-corrected chi connectivity index (χ0v) is 16.9. The van der Waals surface area contributed by atoms with Gasteiger partial charge in [-0.3, -0.25) is 4.79 Å². The first-order chi connectivity index (χ1) is 14.2. The number of sulfone groups is 1. The lowest BCUT2D eigenvalue weighted by atomic mass is 10.0. The molecule has 0 radical (unpaired) electrons. The molecule has 1 aromatic carbocycles. The van der Waals surface area contributed by atoms with Crippen LogP contribution >= 0.6 is 0 Å². The van der Waals surface area contributed by atoms with Crippen LogP contribution < -0.4 is 5.56 Å². The van der Waals surface area contributed by atoms with Gasteiger partial charge in [0.2, 0.25) is 0 Å². The Labute approximate surface area is 172 Å². The van der Waals surface area contributed by atoms with Crippen LogP contribution in [0.5, 0.6) is 0 Å². The van der Waals surface area contributed by atoms with E-state index in [1.807, 2.05) is 0 Å². The molecule has 0 saturated heterocycles. The van der Waals surface area contributed by atoms with Crippen LogP contribution in [0.3, 0.4) is 0 Å². The van der Waals surface area contributed by atoms with E-state index in [0.29, 0.717) is 18.4 Å². The molecule has 162 valence electrons. The van der Waals surface area contributed by atoms with Gasteiger partial charge in [-0.15, -0.1) is 0 Å². The van der Waals surface area contributed by atoms with Gasteiger partial charge in [-0.2, -0.15) is 13.2 Å². The Hall–Kier alpha value is -2.13. The average molecular weight is 441 g/mol. The number of halogens is 3. The van der Waals surface area contributed by atoms with Crippen molar-refractivity contribution >= 4 is 9.84 Å². The Morgan fingerprint density at radius 3 is 2.13 bits per heavy atom. The van der Waals surface area contributed by atoms with Crippen LogP contribution in [-0.2, 0) is 20.8 Å². The SMILES string of the molecule is O=c1[nH]c(C(OC2CCCC2)c2ccc(S(=O)(=O)C3CC3)cc2)ccc1C(F)(F)F. The number of aromatic nitrogens is 1. The quantitative estimate of drug-likeness (QED) is 0.722. The van der Waals surface area contributed by atoms with Gasteiger partial charge < -0.3 is 9.72 Å². The zero-order chi connectivity index (χ0) is 21.5. The Morgan fingerprint density at radius 2 is 1.60 bits per heavy atom. The normalized spacial score (nSPS) is 19.2. The summed E-state index contributed by atoms with van der Waals surface area (Å²) in [5.41, 5.74) is -1.71. The van der Waals surface area contributed by atoms with Crippen molar-refractivity contribution in [1.29, 1.82) is 0 Å². The van der Waals surface area contributed by atoms with Crippen LogP contribution in [0.2, 0.25) is 0 Å². The molecule has 9 heteroatoms. The fourth-order valence-corrected chi connectivity index (χ4v) is 5.47. The fraction of sp³-hybridized carbons (Fsp3) is 0.476. The smallest absolute Gasteiger partial charge is 0.364 e. The number of alkyl halides is 3. The maximum atomic E-state index is 13.0. The number of ether oxygens (including phenoxy) is 1. The lowest BCUT2D eigenvalue weighted by molar-refractivity contribution is -0.138. The van der Waals surface area contributed by atoms with E-state index in [1.165, 1.54) is 18.2 Å². The van der Waals surface area contributed by atoms with Crippen molar-refractivity contribution in [3.8, 4) is 0 Å². The largest absolute Gasteiger partial charge is 0.421 e. The molecule has 0 aliphatic heterocycles. The third-order valence-corrected chi connectivity index (χ3v) is 7.90. The molecular formula is C21H22F3NO4S. The van der Waals surface area contributed by atoms with Gasteiger partial charge in [0.05, 0.1) is 21.9 Å². The van der Waals surface area contributed by atoms with E-state index in [0.717, 1.165) is 31.7 Å². The van der Waals surface area contributed by atoms with Crippen molar-refractivity contribution in [2.75, 3.05) is 0 Å². The van der Waals surface area contributed by atoms with Gasteiger partial charge in [0, 0.05) is 0 Å². The summed E-state index contributed by atoms with van der Waals surface area (Å²) < 4.78 is 69.8. The molecule has 1 N–H and O–H groups in total. The molecule has 1 unspecified atom stereocenters. The highest BCUT2D eigenvalue weighted by molar-refractivity contribution is 7.92. The van der Waals surface area contributed by atoms with E-state index in [9.17, 15) is 26.4 Å². The van der Waals surface area contributed by atoms with Crippen molar-refractivity contribution in [2.45, 2.75) is 67.1 Å². The summed E-state index contributed by atoms with van der Waals surface area (Å²) in [7, 11) is -3.35. The van der Waals surface area contributed by atoms with Crippen LogP contribution in [0.4, 0.5) is 13.2 Å². The summed E-state index contributed by atoms with van der Waals surface area (Å²) in [6.07, 6.45) is -0.637. The Bertz CT molecular complexity index is 1070. The van der Waals surface area contributed by atoms with Crippen LogP contribution in [0.1, 0.15) is 61.4 Å². The maximum absolute atomic E-state index is 13.0. The molecule has 1 aromatic heterocycles. The highest BCUT2D eigenvalue weighted by Gasteiger charge is 2.37. The number of aromatic amines is 1. The van der Waals surface area contributed by atoms with Crippen LogP contribution in [0.15, 0.2) is 46.1 Å². The van der Waals surface area contributed by atoms with Gasteiger partial charge in [0.15, 0.2) is 9.84 Å². The van der Waals surface area contributed by atoms with Gasteiger partial charge in [-0.25, -0.2) is 8.42 Å². The van der Waals surface area contributed by atoms with Crippen molar-refractivity contribution < 1.29 is 26.3 Å². The molecule has 0 amide bonds. The molecule has 2 fully saturated rings. The minimum Gasteiger partial charge on any atom is -0.364 e. The van der Waals surface area contributed by atoms with Crippen molar-refractivity contribution in [2.24, 2.45) is 0 Å². The number of pyridine rings is 1. The van der Waals surface area contributed by atoms with Gasteiger partial charge >= 0.3 is 6.18 Å². The molecule has 5 nitrogen and oxygen atoms in total. The molecule has 1 atom stereocenters. The van der Waals surface area contributed by atoms with Crippen molar-refractivity contribution in [1.82, 2.24) is 4.98 Å². The van der Waals surface area contributed by atoms with E-state index in [4.69, 9.17) is 4.74 Å². The number of rotatable bonds is 6. The highest BCUT2D eigenvalue weighted by Crippen LogP contribution is 2.36. The molecule has 4 rings (SSSR count). The molecule has 0 spiro atoms. The molecule has 2 aliphatic carbocycles. The van der Waals surface area contributed by atoms with E-state index >= 15 is 0 Å². The van der Waals surface area contributed by atoms with Gasteiger partial charge in [-0.1, -0.05) is 25.0 Å². The molecule has 2 saturated carbocycles. The molecular weight excluding hydrogens is 419 g/mol. The van der Waals surface area contributed by atoms with E-state index in [-0.39, 0.29) is 21.9 Å². The van der Waals surface area contributed by atoms with Gasteiger partial charge in [0.25, 0.3) is 5.56 Å². The van der Waals surface area contributed by atoms with Crippen molar-refractivity contribution in [3.05, 3.63) is 63.6 Å². The van der Waals surface area contributed by atoms with Gasteiger partial charge in [-0.05, 0) is 55.5 Å². The van der Waals surface area contributed by atoms with E-state index < -0.39 is 33.2 Å².